The van der Waals surface area contributed by atoms with E-state index in [-0.39, 0.29) is 5.91 Å². The van der Waals surface area contributed by atoms with Crippen LogP contribution in [0.1, 0.15) is 11.1 Å². The molecule has 2 heterocycles. The van der Waals surface area contributed by atoms with Crippen LogP contribution in [0.15, 0.2) is 48.7 Å². The van der Waals surface area contributed by atoms with Gasteiger partial charge in [0, 0.05) is 55.0 Å². The molecule has 4 rings (SSSR count). The number of ether oxygens (including phenoxy) is 1. The minimum atomic E-state index is -0.0711. The van der Waals surface area contributed by atoms with E-state index in [1.807, 2.05) is 49.4 Å². The standard InChI is InChI=1S/C22H26N4O2/c1-16-3-2-4-20-21(16)19(22(27)25-20)15-24-18-7-5-17(6-8-18)23-9-10-26-11-13-28-14-12-26/h2-8,15,23-24H,9-14H2,1H3,(H,25,27). The van der Waals surface area contributed by atoms with E-state index in [2.05, 4.69) is 20.9 Å². The Morgan fingerprint density at radius 3 is 2.64 bits per heavy atom. The van der Waals surface area contributed by atoms with E-state index in [4.69, 9.17) is 4.74 Å². The monoisotopic (exact) mass is 378 g/mol. The van der Waals surface area contributed by atoms with Crippen LogP contribution in [0.4, 0.5) is 17.1 Å². The van der Waals surface area contributed by atoms with Gasteiger partial charge in [0.05, 0.1) is 18.8 Å². The third-order valence-electron chi connectivity index (χ3n) is 5.16. The molecule has 0 saturated carbocycles. The number of anilines is 3. The van der Waals surface area contributed by atoms with Crippen LogP contribution in [-0.4, -0.2) is 50.2 Å². The molecule has 146 valence electrons. The zero-order chi connectivity index (χ0) is 19.3. The zero-order valence-electron chi connectivity index (χ0n) is 16.1. The Bertz CT molecular complexity index is 871. The Balaban J connectivity index is 1.34. The fourth-order valence-electron chi connectivity index (χ4n) is 3.59. The normalized spacial score (nSPS) is 18.0. The van der Waals surface area contributed by atoms with Crippen LogP contribution in [0.25, 0.3) is 5.57 Å². The second-order valence-electron chi connectivity index (χ2n) is 7.11. The molecule has 0 spiro atoms. The highest BCUT2D eigenvalue weighted by Crippen LogP contribution is 2.34. The molecule has 0 bridgehead atoms. The summed E-state index contributed by atoms with van der Waals surface area (Å²) >= 11 is 0. The highest BCUT2D eigenvalue weighted by molar-refractivity contribution is 6.32. The van der Waals surface area contributed by atoms with Crippen LogP contribution in [0.3, 0.4) is 0 Å². The molecule has 3 N–H and O–H groups in total. The quantitative estimate of drug-likeness (QED) is 0.674. The molecule has 2 aliphatic rings. The Kier molecular flexibility index (Phi) is 5.60. The molecule has 0 aliphatic carbocycles. The number of nitrogens with zero attached hydrogens (tertiary/aromatic N) is 1. The highest BCUT2D eigenvalue weighted by Gasteiger charge is 2.25. The number of hydrogen-bond acceptors (Lipinski definition) is 5. The van der Waals surface area contributed by atoms with Gasteiger partial charge >= 0.3 is 0 Å². The number of carbonyl (C=O) groups is 1. The fourth-order valence-corrected chi connectivity index (χ4v) is 3.59. The molecule has 1 amide bonds. The molecule has 6 heteroatoms. The molecule has 0 unspecified atom stereocenters. The van der Waals surface area contributed by atoms with Gasteiger partial charge in [0.1, 0.15) is 0 Å². The maximum Gasteiger partial charge on any atom is 0.257 e. The van der Waals surface area contributed by atoms with Crippen molar-refractivity contribution in [2.45, 2.75) is 6.92 Å². The SMILES string of the molecule is Cc1cccc2c1C(=CNc1ccc(NCCN3CCOCC3)cc1)C(=O)N2. The lowest BCUT2D eigenvalue weighted by Gasteiger charge is -2.26. The predicted molar refractivity (Wildman–Crippen MR) is 114 cm³/mol. The van der Waals surface area contributed by atoms with Crippen molar-refractivity contribution in [3.63, 3.8) is 0 Å². The van der Waals surface area contributed by atoms with Crippen LogP contribution in [0.2, 0.25) is 0 Å². The number of benzene rings is 2. The average Bonchev–Trinajstić information content (AvgIpc) is 3.04. The maximum atomic E-state index is 12.3. The molecule has 6 nitrogen and oxygen atoms in total. The van der Waals surface area contributed by atoms with Crippen molar-refractivity contribution in [1.82, 2.24) is 4.90 Å². The minimum absolute atomic E-state index is 0.0711. The molecular weight excluding hydrogens is 352 g/mol. The van der Waals surface area contributed by atoms with Crippen LogP contribution < -0.4 is 16.0 Å². The number of nitrogens with one attached hydrogen (secondary N) is 3. The summed E-state index contributed by atoms with van der Waals surface area (Å²) in [5.41, 5.74) is 5.64. The number of carbonyl (C=O) groups excluding carboxylic acids is 1. The van der Waals surface area contributed by atoms with E-state index in [0.29, 0.717) is 5.57 Å². The van der Waals surface area contributed by atoms with Crippen molar-refractivity contribution in [2.75, 3.05) is 55.3 Å². The summed E-state index contributed by atoms with van der Waals surface area (Å²) < 4.78 is 5.37. The first kappa shape index (κ1) is 18.5. The summed E-state index contributed by atoms with van der Waals surface area (Å²) in [5.74, 6) is -0.0711. The Morgan fingerprint density at radius 2 is 1.86 bits per heavy atom. The van der Waals surface area contributed by atoms with Gasteiger partial charge in [-0.25, -0.2) is 0 Å². The minimum Gasteiger partial charge on any atom is -0.384 e. The van der Waals surface area contributed by atoms with Crippen molar-refractivity contribution in [1.29, 1.82) is 0 Å². The first-order valence-corrected chi connectivity index (χ1v) is 9.73. The lowest BCUT2D eigenvalue weighted by atomic mass is 10.0. The zero-order valence-corrected chi connectivity index (χ0v) is 16.1. The maximum absolute atomic E-state index is 12.3. The number of morpholine rings is 1. The number of amides is 1. The van der Waals surface area contributed by atoms with Gasteiger partial charge in [0.2, 0.25) is 0 Å². The topological polar surface area (TPSA) is 65.6 Å². The van der Waals surface area contributed by atoms with E-state index < -0.39 is 0 Å². The van der Waals surface area contributed by atoms with Crippen molar-refractivity contribution < 1.29 is 9.53 Å². The summed E-state index contributed by atoms with van der Waals surface area (Å²) in [6.07, 6.45) is 1.79. The van der Waals surface area contributed by atoms with Gasteiger partial charge in [-0.15, -0.1) is 0 Å². The van der Waals surface area contributed by atoms with Gasteiger partial charge in [-0.3, -0.25) is 9.69 Å². The first-order chi connectivity index (χ1) is 13.7. The summed E-state index contributed by atoms with van der Waals surface area (Å²) in [7, 11) is 0. The van der Waals surface area contributed by atoms with E-state index in [1.54, 1.807) is 6.20 Å². The fraction of sp³-hybridized carbons (Fsp3) is 0.318. The van der Waals surface area contributed by atoms with Crippen LogP contribution in [0, 0.1) is 6.92 Å². The molecule has 0 aromatic heterocycles. The van der Waals surface area contributed by atoms with Gasteiger partial charge < -0.3 is 20.7 Å². The van der Waals surface area contributed by atoms with Gasteiger partial charge in [-0.2, -0.15) is 0 Å². The number of aryl methyl sites for hydroxylation is 1. The van der Waals surface area contributed by atoms with Crippen molar-refractivity contribution in [3.05, 3.63) is 59.8 Å². The predicted octanol–water partition coefficient (Wildman–Crippen LogP) is 3.14. The molecule has 1 fully saturated rings. The van der Waals surface area contributed by atoms with E-state index >= 15 is 0 Å². The smallest absolute Gasteiger partial charge is 0.257 e. The summed E-state index contributed by atoms with van der Waals surface area (Å²) in [6, 6.07) is 14.0. The molecule has 2 aromatic rings. The molecule has 0 radical (unpaired) electrons. The third kappa shape index (κ3) is 4.18. The molecule has 0 atom stereocenters. The van der Waals surface area contributed by atoms with Crippen molar-refractivity contribution in [2.24, 2.45) is 0 Å². The second-order valence-corrected chi connectivity index (χ2v) is 7.11. The third-order valence-corrected chi connectivity index (χ3v) is 5.16. The number of rotatable bonds is 6. The first-order valence-electron chi connectivity index (χ1n) is 9.73. The number of fused-ring (bicyclic) bond motifs is 1. The average molecular weight is 378 g/mol. The summed E-state index contributed by atoms with van der Waals surface area (Å²) in [4.78, 5) is 14.7. The molecule has 1 saturated heterocycles. The van der Waals surface area contributed by atoms with Gasteiger partial charge in [-0.05, 0) is 42.8 Å². The van der Waals surface area contributed by atoms with E-state index in [9.17, 15) is 4.79 Å². The summed E-state index contributed by atoms with van der Waals surface area (Å²) in [5, 5.41) is 9.62. The van der Waals surface area contributed by atoms with Gasteiger partial charge in [-0.1, -0.05) is 12.1 Å². The largest absolute Gasteiger partial charge is 0.384 e. The van der Waals surface area contributed by atoms with Gasteiger partial charge in [0.25, 0.3) is 5.91 Å². The Morgan fingerprint density at radius 1 is 1.11 bits per heavy atom. The van der Waals surface area contributed by atoms with Crippen LogP contribution in [-0.2, 0) is 9.53 Å². The molecule has 28 heavy (non-hydrogen) atoms. The van der Waals surface area contributed by atoms with E-state index in [1.165, 1.54) is 0 Å². The molecular formula is C22H26N4O2. The van der Waals surface area contributed by atoms with Gasteiger partial charge in [0.15, 0.2) is 0 Å². The molecule has 2 aliphatic heterocycles. The Labute approximate surface area is 165 Å². The van der Waals surface area contributed by atoms with Crippen LogP contribution >= 0.6 is 0 Å². The van der Waals surface area contributed by atoms with Crippen LogP contribution in [0.5, 0.6) is 0 Å². The van der Waals surface area contributed by atoms with Crippen molar-refractivity contribution in [3.8, 4) is 0 Å². The lowest BCUT2D eigenvalue weighted by molar-refractivity contribution is -0.110. The lowest BCUT2D eigenvalue weighted by Crippen LogP contribution is -2.38. The van der Waals surface area contributed by atoms with E-state index in [0.717, 1.165) is 67.6 Å². The Hall–Kier alpha value is -2.83. The van der Waals surface area contributed by atoms with Crippen molar-refractivity contribution >= 4 is 28.5 Å². The number of hydrogen-bond donors (Lipinski definition) is 3. The summed E-state index contributed by atoms with van der Waals surface area (Å²) in [6.45, 7) is 7.63. The molecule has 2 aromatic carbocycles. The second kappa shape index (κ2) is 8.46. The highest BCUT2D eigenvalue weighted by atomic mass is 16.5.